The third-order valence-corrected chi connectivity index (χ3v) is 6.31. The molecule has 0 bridgehead atoms. The van der Waals surface area contributed by atoms with E-state index in [4.69, 9.17) is 19.6 Å². The quantitative estimate of drug-likeness (QED) is 0.235. The zero-order chi connectivity index (χ0) is 25.9. The molecular formula is C31H34N2O4. The Morgan fingerprint density at radius 3 is 2.22 bits per heavy atom. The normalized spacial score (nSPS) is 11.1. The molecule has 37 heavy (non-hydrogen) atoms. The Kier molecular flexibility index (Phi) is 9.38. The molecule has 0 atom stereocenters. The second-order valence-corrected chi connectivity index (χ2v) is 9.07. The molecule has 0 fully saturated rings. The van der Waals surface area contributed by atoms with Crippen molar-refractivity contribution >= 4 is 5.91 Å². The third-order valence-electron chi connectivity index (χ3n) is 6.31. The van der Waals surface area contributed by atoms with Gasteiger partial charge in [-0.25, -0.2) is 0 Å². The van der Waals surface area contributed by atoms with Crippen LogP contribution in [0.4, 0.5) is 0 Å². The van der Waals surface area contributed by atoms with Crippen LogP contribution in [0.15, 0.2) is 102 Å². The molecule has 2 N–H and O–H groups in total. The van der Waals surface area contributed by atoms with Gasteiger partial charge < -0.3 is 19.6 Å². The van der Waals surface area contributed by atoms with Gasteiger partial charge in [0, 0.05) is 31.1 Å². The minimum Gasteiger partial charge on any atom is -0.493 e. The summed E-state index contributed by atoms with van der Waals surface area (Å²) in [5.74, 6) is 1.12. The van der Waals surface area contributed by atoms with E-state index < -0.39 is 0 Å². The number of carbonyl (C=O) groups excluding carboxylic acids is 1. The number of benzene rings is 3. The van der Waals surface area contributed by atoms with Crippen molar-refractivity contribution in [1.82, 2.24) is 4.90 Å². The Hall–Kier alpha value is -4.03. The number of rotatable bonds is 14. The van der Waals surface area contributed by atoms with Gasteiger partial charge in [0.05, 0.1) is 32.7 Å². The van der Waals surface area contributed by atoms with Gasteiger partial charge in [-0.05, 0) is 41.3 Å². The maximum atomic E-state index is 11.2. The molecule has 0 spiro atoms. The number of hydrogen-bond acceptors (Lipinski definition) is 5. The molecule has 0 aliphatic rings. The molecule has 1 aromatic heterocycles. The molecule has 0 radical (unpaired) electrons. The molecule has 6 nitrogen and oxygen atoms in total. The predicted molar refractivity (Wildman–Crippen MR) is 145 cm³/mol. The summed E-state index contributed by atoms with van der Waals surface area (Å²) < 4.78 is 16.9. The number of furan rings is 1. The van der Waals surface area contributed by atoms with E-state index in [-0.39, 0.29) is 18.2 Å². The summed E-state index contributed by atoms with van der Waals surface area (Å²) in [5, 5.41) is 0. The van der Waals surface area contributed by atoms with Gasteiger partial charge in [0.25, 0.3) is 0 Å². The fourth-order valence-corrected chi connectivity index (χ4v) is 4.52. The van der Waals surface area contributed by atoms with Crippen LogP contribution in [0.1, 0.15) is 34.6 Å². The first-order valence-electron chi connectivity index (χ1n) is 12.5. The van der Waals surface area contributed by atoms with Gasteiger partial charge >= 0.3 is 0 Å². The zero-order valence-corrected chi connectivity index (χ0v) is 21.2. The van der Waals surface area contributed by atoms with E-state index in [1.165, 1.54) is 11.1 Å². The number of nitrogens with zero attached hydrogens (tertiary/aromatic N) is 1. The summed E-state index contributed by atoms with van der Waals surface area (Å²) in [4.78, 5) is 13.7. The number of hydrogen-bond donors (Lipinski definition) is 1. The topological polar surface area (TPSA) is 77.9 Å². The molecule has 0 unspecified atom stereocenters. The van der Waals surface area contributed by atoms with Crippen LogP contribution in [0.2, 0.25) is 0 Å². The molecule has 0 aliphatic carbocycles. The number of ether oxygens (including phenoxy) is 2. The van der Waals surface area contributed by atoms with Crippen LogP contribution < -0.4 is 15.2 Å². The Morgan fingerprint density at radius 1 is 0.919 bits per heavy atom. The summed E-state index contributed by atoms with van der Waals surface area (Å²) in [6.45, 7) is 3.04. The molecule has 0 saturated carbocycles. The molecule has 4 aromatic rings. The van der Waals surface area contributed by atoms with Crippen molar-refractivity contribution in [1.29, 1.82) is 0 Å². The van der Waals surface area contributed by atoms with Gasteiger partial charge in [-0.2, -0.15) is 0 Å². The van der Waals surface area contributed by atoms with E-state index in [1.807, 2.05) is 24.5 Å². The standard InChI is InChI=1S/C31H34N2O4/c1-35-30-19-24(20-31(32)34)13-14-29(30)37-17-8-16-33(21-25-15-18-36-23-25)22-28(26-9-4-2-5-10-26)27-11-6-3-7-12-27/h2-7,9-15,18-19,23,28H,8,16-17,20-22H2,1H3,(H2,32,34). The van der Waals surface area contributed by atoms with Crippen molar-refractivity contribution in [2.24, 2.45) is 5.73 Å². The summed E-state index contributed by atoms with van der Waals surface area (Å²) in [6.07, 6.45) is 4.53. The number of methoxy groups -OCH3 is 1. The molecule has 3 aromatic carbocycles. The maximum absolute atomic E-state index is 11.2. The minimum absolute atomic E-state index is 0.170. The Bertz CT molecular complexity index is 1190. The van der Waals surface area contributed by atoms with Crippen LogP contribution in [-0.2, 0) is 17.8 Å². The van der Waals surface area contributed by atoms with Crippen LogP contribution in [-0.4, -0.2) is 37.6 Å². The van der Waals surface area contributed by atoms with Gasteiger partial charge in [0.2, 0.25) is 5.91 Å². The predicted octanol–water partition coefficient (Wildman–Crippen LogP) is 5.42. The highest BCUT2D eigenvalue weighted by Gasteiger charge is 2.19. The van der Waals surface area contributed by atoms with Crippen molar-refractivity contribution in [2.45, 2.75) is 25.3 Å². The average Bonchev–Trinajstić information content (AvgIpc) is 3.43. The fourth-order valence-electron chi connectivity index (χ4n) is 4.52. The number of amides is 1. The monoisotopic (exact) mass is 498 g/mol. The van der Waals surface area contributed by atoms with Crippen molar-refractivity contribution in [2.75, 3.05) is 26.8 Å². The van der Waals surface area contributed by atoms with Gasteiger partial charge in [0.15, 0.2) is 11.5 Å². The smallest absolute Gasteiger partial charge is 0.221 e. The largest absolute Gasteiger partial charge is 0.493 e. The lowest BCUT2D eigenvalue weighted by molar-refractivity contribution is -0.117. The minimum atomic E-state index is -0.377. The fraction of sp³-hybridized carbons (Fsp3) is 0.258. The van der Waals surface area contributed by atoms with Crippen LogP contribution >= 0.6 is 0 Å². The van der Waals surface area contributed by atoms with Crippen LogP contribution in [0.3, 0.4) is 0 Å². The van der Waals surface area contributed by atoms with Gasteiger partial charge in [0.1, 0.15) is 0 Å². The van der Waals surface area contributed by atoms with Crippen LogP contribution in [0, 0.1) is 0 Å². The van der Waals surface area contributed by atoms with Crippen molar-refractivity contribution < 1.29 is 18.7 Å². The first-order valence-corrected chi connectivity index (χ1v) is 12.5. The van der Waals surface area contributed by atoms with Crippen LogP contribution in [0.5, 0.6) is 11.5 Å². The van der Waals surface area contributed by atoms with E-state index in [0.29, 0.717) is 18.1 Å². The van der Waals surface area contributed by atoms with Crippen LogP contribution in [0.25, 0.3) is 0 Å². The Balaban J connectivity index is 1.43. The van der Waals surface area contributed by atoms with Gasteiger partial charge in [-0.1, -0.05) is 66.7 Å². The molecule has 192 valence electrons. The molecule has 6 heteroatoms. The Morgan fingerprint density at radius 2 is 1.62 bits per heavy atom. The molecule has 4 rings (SSSR count). The summed E-state index contributed by atoms with van der Waals surface area (Å²) in [5.41, 5.74) is 9.85. The third kappa shape index (κ3) is 7.72. The van der Waals surface area contributed by atoms with Crippen molar-refractivity contribution in [3.63, 3.8) is 0 Å². The molecule has 1 amide bonds. The highest BCUT2D eigenvalue weighted by atomic mass is 16.5. The average molecular weight is 499 g/mol. The zero-order valence-electron chi connectivity index (χ0n) is 21.2. The van der Waals surface area contributed by atoms with E-state index in [1.54, 1.807) is 19.4 Å². The van der Waals surface area contributed by atoms with E-state index in [9.17, 15) is 4.79 Å². The second kappa shape index (κ2) is 13.3. The number of carbonyl (C=O) groups is 1. The van der Waals surface area contributed by atoms with Crippen molar-refractivity contribution in [3.05, 3.63) is 120 Å². The first kappa shape index (κ1) is 26.0. The number of primary amides is 1. The molecule has 1 heterocycles. The number of nitrogens with two attached hydrogens (primary N) is 1. The second-order valence-electron chi connectivity index (χ2n) is 9.07. The highest BCUT2D eigenvalue weighted by Crippen LogP contribution is 2.29. The SMILES string of the molecule is COc1cc(CC(N)=O)ccc1OCCCN(Cc1ccoc1)CC(c1ccccc1)c1ccccc1. The molecule has 0 saturated heterocycles. The summed E-state index contributed by atoms with van der Waals surface area (Å²) in [7, 11) is 1.59. The Labute approximate surface area is 218 Å². The lowest BCUT2D eigenvalue weighted by Crippen LogP contribution is -2.30. The van der Waals surface area contributed by atoms with Gasteiger partial charge in [-0.3, -0.25) is 9.69 Å². The molecule has 0 aliphatic heterocycles. The van der Waals surface area contributed by atoms with E-state index in [0.717, 1.165) is 37.2 Å². The van der Waals surface area contributed by atoms with E-state index in [2.05, 4.69) is 65.6 Å². The summed E-state index contributed by atoms with van der Waals surface area (Å²) in [6, 6.07) is 28.8. The molecular weight excluding hydrogens is 464 g/mol. The highest BCUT2D eigenvalue weighted by molar-refractivity contribution is 5.76. The van der Waals surface area contributed by atoms with Crippen molar-refractivity contribution in [3.8, 4) is 11.5 Å². The van der Waals surface area contributed by atoms with E-state index >= 15 is 0 Å². The lowest BCUT2D eigenvalue weighted by Gasteiger charge is -2.28. The summed E-state index contributed by atoms with van der Waals surface area (Å²) >= 11 is 0. The maximum Gasteiger partial charge on any atom is 0.221 e. The van der Waals surface area contributed by atoms with Gasteiger partial charge in [-0.15, -0.1) is 0 Å². The first-order chi connectivity index (χ1) is 18.1. The lowest BCUT2D eigenvalue weighted by atomic mass is 9.90.